The molecule has 0 aliphatic rings. The summed E-state index contributed by atoms with van der Waals surface area (Å²) in [6.45, 7) is 10.8. The van der Waals surface area contributed by atoms with Crippen molar-refractivity contribution >= 4 is 0 Å². The number of aromatic nitrogens is 2. The number of nitrogens with one attached hydrogen (secondary N) is 1. The van der Waals surface area contributed by atoms with Crippen LogP contribution in [-0.4, -0.2) is 15.3 Å². The molecule has 3 heteroatoms. The molecule has 1 rings (SSSR count). The summed E-state index contributed by atoms with van der Waals surface area (Å²) in [7, 11) is 0. The predicted octanol–water partition coefficient (Wildman–Crippen LogP) is 2.96. The molecular weight excluding hydrogens is 198 g/mol. The van der Waals surface area contributed by atoms with Gasteiger partial charge in [0.05, 0.1) is 6.20 Å². The van der Waals surface area contributed by atoms with Crippen molar-refractivity contribution in [3.63, 3.8) is 0 Å². The van der Waals surface area contributed by atoms with Gasteiger partial charge in [-0.25, -0.2) is 0 Å². The molecule has 0 amide bonds. The van der Waals surface area contributed by atoms with Crippen LogP contribution in [0.15, 0.2) is 12.4 Å². The van der Waals surface area contributed by atoms with E-state index < -0.39 is 0 Å². The highest BCUT2D eigenvalue weighted by molar-refractivity contribution is 5.04. The van der Waals surface area contributed by atoms with Gasteiger partial charge in [0.1, 0.15) is 0 Å². The van der Waals surface area contributed by atoms with Crippen molar-refractivity contribution in [2.24, 2.45) is 0 Å². The Labute approximate surface area is 99.2 Å². The van der Waals surface area contributed by atoms with E-state index in [2.05, 4.69) is 44.3 Å². The van der Waals surface area contributed by atoms with Crippen molar-refractivity contribution in [2.75, 3.05) is 0 Å². The third-order valence-electron chi connectivity index (χ3n) is 2.79. The minimum atomic E-state index is 0.224. The lowest BCUT2D eigenvalue weighted by molar-refractivity contribution is 0.357. The Balaban J connectivity index is 2.41. The first kappa shape index (κ1) is 13.2. The molecule has 0 aliphatic carbocycles. The maximum Gasteiger partial charge on any atom is 0.0534 e. The molecule has 0 aliphatic heterocycles. The van der Waals surface area contributed by atoms with Gasteiger partial charge in [-0.2, -0.15) is 5.10 Å². The van der Waals surface area contributed by atoms with Gasteiger partial charge in [0.2, 0.25) is 0 Å². The molecule has 0 saturated carbocycles. The average molecular weight is 223 g/mol. The van der Waals surface area contributed by atoms with Gasteiger partial charge >= 0.3 is 0 Å². The zero-order valence-electron chi connectivity index (χ0n) is 11.1. The molecule has 1 N–H and O–H groups in total. The number of hydrogen-bond donors (Lipinski definition) is 1. The highest BCUT2D eigenvalue weighted by Gasteiger charge is 2.15. The minimum Gasteiger partial charge on any atom is -0.308 e. The van der Waals surface area contributed by atoms with Crippen LogP contribution >= 0.6 is 0 Å². The molecule has 0 unspecified atom stereocenters. The second kappa shape index (κ2) is 6.04. The number of rotatable bonds is 7. The van der Waals surface area contributed by atoms with E-state index in [4.69, 9.17) is 0 Å². The highest BCUT2D eigenvalue weighted by atomic mass is 15.3. The van der Waals surface area contributed by atoms with Crippen LogP contribution in [0.2, 0.25) is 0 Å². The van der Waals surface area contributed by atoms with Crippen LogP contribution in [0.1, 0.15) is 52.5 Å². The van der Waals surface area contributed by atoms with Crippen LogP contribution in [0, 0.1) is 0 Å². The Kier molecular flexibility index (Phi) is 5.00. The second-order valence-electron chi connectivity index (χ2n) is 5.10. The third-order valence-corrected chi connectivity index (χ3v) is 2.79. The first-order chi connectivity index (χ1) is 7.57. The largest absolute Gasteiger partial charge is 0.308 e. The van der Waals surface area contributed by atoms with Crippen LogP contribution in [0.3, 0.4) is 0 Å². The van der Waals surface area contributed by atoms with E-state index in [0.29, 0.717) is 0 Å². The monoisotopic (exact) mass is 223 g/mol. The lowest BCUT2D eigenvalue weighted by atomic mass is 9.99. The molecule has 0 aromatic carbocycles. The van der Waals surface area contributed by atoms with Gasteiger partial charge in [-0.3, -0.25) is 4.68 Å². The number of hydrogen-bond acceptors (Lipinski definition) is 2. The summed E-state index contributed by atoms with van der Waals surface area (Å²) in [5.74, 6) is 0. The number of aryl methyl sites for hydroxylation is 1. The van der Waals surface area contributed by atoms with Crippen molar-refractivity contribution < 1.29 is 0 Å². The lowest BCUT2D eigenvalue weighted by Crippen LogP contribution is -2.38. The van der Waals surface area contributed by atoms with Crippen LogP contribution in [-0.2, 0) is 13.1 Å². The Morgan fingerprint density at radius 3 is 2.69 bits per heavy atom. The van der Waals surface area contributed by atoms with Crippen LogP contribution < -0.4 is 5.32 Å². The van der Waals surface area contributed by atoms with Crippen molar-refractivity contribution in [3.8, 4) is 0 Å². The van der Waals surface area contributed by atoms with Crippen molar-refractivity contribution in [1.29, 1.82) is 0 Å². The zero-order chi connectivity index (χ0) is 12.0. The predicted molar refractivity (Wildman–Crippen MR) is 68.3 cm³/mol. The molecule has 1 heterocycles. The van der Waals surface area contributed by atoms with Crippen molar-refractivity contribution in [3.05, 3.63) is 18.0 Å². The number of nitrogens with zero attached hydrogens (tertiary/aromatic N) is 2. The van der Waals surface area contributed by atoms with Gasteiger partial charge in [0.15, 0.2) is 0 Å². The van der Waals surface area contributed by atoms with Gasteiger partial charge in [-0.1, -0.05) is 20.3 Å². The van der Waals surface area contributed by atoms with E-state index in [0.717, 1.165) is 19.5 Å². The Morgan fingerprint density at radius 1 is 1.31 bits per heavy atom. The Hall–Kier alpha value is -0.830. The van der Waals surface area contributed by atoms with Gasteiger partial charge in [0.25, 0.3) is 0 Å². The SMILES string of the molecule is CCCn1cc(CNC(C)(C)CCC)cn1. The second-order valence-corrected chi connectivity index (χ2v) is 5.10. The summed E-state index contributed by atoms with van der Waals surface area (Å²) >= 11 is 0. The van der Waals surface area contributed by atoms with E-state index in [-0.39, 0.29) is 5.54 Å². The fourth-order valence-electron chi connectivity index (χ4n) is 1.90. The summed E-state index contributed by atoms with van der Waals surface area (Å²) in [6, 6.07) is 0. The topological polar surface area (TPSA) is 29.9 Å². The Morgan fingerprint density at radius 2 is 2.06 bits per heavy atom. The summed E-state index contributed by atoms with van der Waals surface area (Å²) in [4.78, 5) is 0. The van der Waals surface area contributed by atoms with Crippen molar-refractivity contribution in [1.82, 2.24) is 15.1 Å². The van der Waals surface area contributed by atoms with E-state index in [1.807, 2.05) is 10.9 Å². The van der Waals surface area contributed by atoms with Gasteiger partial charge < -0.3 is 5.32 Å². The molecule has 1 aromatic rings. The molecule has 16 heavy (non-hydrogen) atoms. The highest BCUT2D eigenvalue weighted by Crippen LogP contribution is 2.11. The summed E-state index contributed by atoms with van der Waals surface area (Å²) in [5.41, 5.74) is 1.50. The quantitative estimate of drug-likeness (QED) is 0.770. The lowest BCUT2D eigenvalue weighted by Gasteiger charge is -2.25. The van der Waals surface area contributed by atoms with Crippen molar-refractivity contribution in [2.45, 2.75) is 65.6 Å². The van der Waals surface area contributed by atoms with Crippen LogP contribution in [0.5, 0.6) is 0 Å². The van der Waals surface area contributed by atoms with E-state index in [9.17, 15) is 0 Å². The standard InChI is InChI=1S/C13H25N3/c1-5-7-13(3,4)14-9-12-10-15-16(11-12)8-6-2/h10-11,14H,5-9H2,1-4H3. The Bertz CT molecular complexity index is 302. The minimum absolute atomic E-state index is 0.224. The molecule has 0 bridgehead atoms. The van der Waals surface area contributed by atoms with E-state index in [1.54, 1.807) is 0 Å². The molecular formula is C13H25N3. The molecule has 0 atom stereocenters. The summed E-state index contributed by atoms with van der Waals surface area (Å²) < 4.78 is 2.02. The smallest absolute Gasteiger partial charge is 0.0534 e. The molecule has 3 nitrogen and oxygen atoms in total. The van der Waals surface area contributed by atoms with Gasteiger partial charge in [-0.05, 0) is 26.7 Å². The molecule has 0 spiro atoms. The van der Waals surface area contributed by atoms with E-state index in [1.165, 1.54) is 18.4 Å². The fraction of sp³-hybridized carbons (Fsp3) is 0.769. The maximum atomic E-state index is 4.33. The van der Waals surface area contributed by atoms with E-state index >= 15 is 0 Å². The molecule has 0 radical (unpaired) electrons. The third kappa shape index (κ3) is 4.35. The average Bonchev–Trinajstić information content (AvgIpc) is 2.64. The first-order valence-electron chi connectivity index (χ1n) is 6.33. The summed E-state index contributed by atoms with van der Waals surface area (Å²) in [5, 5.41) is 7.91. The van der Waals surface area contributed by atoms with Crippen LogP contribution in [0.25, 0.3) is 0 Å². The normalized spacial score (nSPS) is 12.0. The van der Waals surface area contributed by atoms with Gasteiger partial charge in [0, 0.05) is 30.4 Å². The summed E-state index contributed by atoms with van der Waals surface area (Å²) in [6.07, 6.45) is 7.66. The molecule has 0 saturated heterocycles. The fourth-order valence-corrected chi connectivity index (χ4v) is 1.90. The molecule has 92 valence electrons. The van der Waals surface area contributed by atoms with Gasteiger partial charge in [-0.15, -0.1) is 0 Å². The zero-order valence-corrected chi connectivity index (χ0v) is 11.1. The van der Waals surface area contributed by atoms with Crippen LogP contribution in [0.4, 0.5) is 0 Å². The maximum absolute atomic E-state index is 4.33. The molecule has 1 aromatic heterocycles. The first-order valence-corrected chi connectivity index (χ1v) is 6.33. The molecule has 0 fully saturated rings.